The molecule has 1 aliphatic carbocycles. The van der Waals surface area contributed by atoms with Gasteiger partial charge in [-0.2, -0.15) is 0 Å². The minimum Gasteiger partial charge on any atom is -0.326 e. The first-order valence-corrected chi connectivity index (χ1v) is 10.1. The molecule has 0 bridgehead atoms. The zero-order valence-electron chi connectivity index (χ0n) is 14.2. The van der Waals surface area contributed by atoms with Crippen molar-refractivity contribution in [3.05, 3.63) is 24.3 Å². The van der Waals surface area contributed by atoms with Gasteiger partial charge in [-0.05, 0) is 37.1 Å². The molecule has 0 unspecified atom stereocenters. The molecule has 1 aliphatic rings. The highest BCUT2D eigenvalue weighted by atomic mass is 32.2. The second kappa shape index (κ2) is 9.15. The third-order valence-electron chi connectivity index (χ3n) is 4.19. The van der Waals surface area contributed by atoms with Gasteiger partial charge in [0.2, 0.25) is 15.9 Å². The molecule has 0 heterocycles. The van der Waals surface area contributed by atoms with E-state index in [4.69, 9.17) is 0 Å². The summed E-state index contributed by atoms with van der Waals surface area (Å²) >= 11 is 0. The topological polar surface area (TPSA) is 87.3 Å². The predicted molar refractivity (Wildman–Crippen MR) is 95.4 cm³/mol. The van der Waals surface area contributed by atoms with Gasteiger partial charge in [-0.1, -0.05) is 25.7 Å². The van der Waals surface area contributed by atoms with Gasteiger partial charge in [0.25, 0.3) is 0 Å². The average molecular weight is 353 g/mol. The van der Waals surface area contributed by atoms with Crippen molar-refractivity contribution in [2.75, 3.05) is 18.4 Å². The summed E-state index contributed by atoms with van der Waals surface area (Å²) in [4.78, 5) is 11.2. The number of hydrogen-bond acceptors (Lipinski definition) is 4. The first-order valence-electron chi connectivity index (χ1n) is 8.58. The van der Waals surface area contributed by atoms with Crippen molar-refractivity contribution in [1.82, 2.24) is 10.0 Å². The summed E-state index contributed by atoms with van der Waals surface area (Å²) in [5.41, 5.74) is 0.580. The zero-order valence-corrected chi connectivity index (χ0v) is 15.0. The number of carbonyl (C=O) groups excluding carboxylic acids is 1. The van der Waals surface area contributed by atoms with E-state index in [9.17, 15) is 13.2 Å². The molecule has 2 rings (SSSR count). The van der Waals surface area contributed by atoms with Gasteiger partial charge in [0, 0.05) is 31.7 Å². The van der Waals surface area contributed by atoms with Gasteiger partial charge >= 0.3 is 0 Å². The van der Waals surface area contributed by atoms with E-state index in [2.05, 4.69) is 15.4 Å². The molecule has 0 radical (unpaired) electrons. The van der Waals surface area contributed by atoms with E-state index >= 15 is 0 Å². The maximum Gasteiger partial charge on any atom is 0.240 e. The minimum atomic E-state index is -3.52. The van der Waals surface area contributed by atoms with Crippen molar-refractivity contribution in [3.63, 3.8) is 0 Å². The Kier molecular flexibility index (Phi) is 7.20. The molecule has 1 amide bonds. The first-order chi connectivity index (χ1) is 11.5. The van der Waals surface area contributed by atoms with Crippen LogP contribution < -0.4 is 15.4 Å². The molecule has 24 heavy (non-hydrogen) atoms. The van der Waals surface area contributed by atoms with E-state index in [-0.39, 0.29) is 10.8 Å². The van der Waals surface area contributed by atoms with Gasteiger partial charge in [0.1, 0.15) is 0 Å². The molecule has 0 spiro atoms. The highest BCUT2D eigenvalue weighted by Gasteiger charge is 2.14. The van der Waals surface area contributed by atoms with Gasteiger partial charge < -0.3 is 10.6 Å². The second-order valence-electron chi connectivity index (χ2n) is 6.25. The number of benzene rings is 1. The molecule has 0 aliphatic heterocycles. The number of sulfonamides is 1. The predicted octanol–water partition coefficient (Wildman–Crippen LogP) is 2.24. The zero-order chi connectivity index (χ0) is 17.4. The summed E-state index contributed by atoms with van der Waals surface area (Å²) in [6.45, 7) is 2.41. The molecule has 1 aromatic carbocycles. The number of amides is 1. The van der Waals surface area contributed by atoms with Crippen LogP contribution >= 0.6 is 0 Å². The fraction of sp³-hybridized carbons (Fsp3) is 0.588. The van der Waals surface area contributed by atoms with E-state index in [0.717, 1.165) is 0 Å². The number of carbonyl (C=O) groups is 1. The van der Waals surface area contributed by atoms with Crippen molar-refractivity contribution in [2.45, 2.75) is 56.4 Å². The van der Waals surface area contributed by atoms with Gasteiger partial charge in [-0.25, -0.2) is 13.1 Å². The number of hydrogen-bond donors (Lipinski definition) is 3. The minimum absolute atomic E-state index is 0.187. The second-order valence-corrected chi connectivity index (χ2v) is 8.01. The Morgan fingerprint density at radius 2 is 1.67 bits per heavy atom. The van der Waals surface area contributed by atoms with Crippen molar-refractivity contribution < 1.29 is 13.2 Å². The summed E-state index contributed by atoms with van der Waals surface area (Å²) in [6.07, 6.45) is 7.47. The molecule has 6 nitrogen and oxygen atoms in total. The standard InChI is InChI=1S/C17H27N3O3S/c1-14(21)20-16-8-10-17(11-9-16)24(22,23)19-13-12-18-15-6-4-2-3-5-7-15/h8-11,15,18-19H,2-7,12-13H2,1H3,(H,20,21). The van der Waals surface area contributed by atoms with Crippen molar-refractivity contribution in [1.29, 1.82) is 0 Å². The Morgan fingerprint density at radius 1 is 1.04 bits per heavy atom. The molecule has 1 aromatic rings. The molecule has 0 atom stereocenters. The maximum atomic E-state index is 12.2. The summed E-state index contributed by atoms with van der Waals surface area (Å²) in [7, 11) is -3.52. The molecule has 3 N–H and O–H groups in total. The summed E-state index contributed by atoms with van der Waals surface area (Å²) in [5.74, 6) is -0.187. The van der Waals surface area contributed by atoms with Crippen molar-refractivity contribution in [2.24, 2.45) is 0 Å². The van der Waals surface area contributed by atoms with Crippen LogP contribution in [0.2, 0.25) is 0 Å². The Labute approximate surface area is 144 Å². The third kappa shape index (κ3) is 6.22. The van der Waals surface area contributed by atoms with Crippen LogP contribution in [0, 0.1) is 0 Å². The normalized spacial score (nSPS) is 16.5. The molecule has 134 valence electrons. The first kappa shape index (κ1) is 18.9. The highest BCUT2D eigenvalue weighted by Crippen LogP contribution is 2.17. The summed E-state index contributed by atoms with van der Waals surface area (Å²) < 4.78 is 27.1. The molecule has 1 fully saturated rings. The molecular formula is C17H27N3O3S. The van der Waals surface area contributed by atoms with Gasteiger partial charge in [-0.3, -0.25) is 4.79 Å². The van der Waals surface area contributed by atoms with Crippen LogP contribution in [0.3, 0.4) is 0 Å². The van der Waals surface area contributed by atoms with Crippen molar-refractivity contribution in [3.8, 4) is 0 Å². The maximum absolute atomic E-state index is 12.2. The monoisotopic (exact) mass is 353 g/mol. The lowest BCUT2D eigenvalue weighted by atomic mass is 10.1. The molecule has 0 saturated heterocycles. The van der Waals surface area contributed by atoms with E-state index in [0.29, 0.717) is 24.8 Å². The molecular weight excluding hydrogens is 326 g/mol. The van der Waals surface area contributed by atoms with Crippen LogP contribution in [0.4, 0.5) is 5.69 Å². The average Bonchev–Trinajstić information content (AvgIpc) is 2.80. The van der Waals surface area contributed by atoms with Gasteiger partial charge in [0.15, 0.2) is 0 Å². The Balaban J connectivity index is 1.79. The molecule has 7 heteroatoms. The molecule has 0 aromatic heterocycles. The summed E-state index contributed by atoms with van der Waals surface area (Å²) in [6, 6.07) is 6.66. The quantitative estimate of drug-likeness (QED) is 0.518. The lowest BCUT2D eigenvalue weighted by Crippen LogP contribution is -2.36. The van der Waals surface area contributed by atoms with E-state index in [1.807, 2.05) is 0 Å². The van der Waals surface area contributed by atoms with Crippen LogP contribution in [0.15, 0.2) is 29.2 Å². The van der Waals surface area contributed by atoms with E-state index in [1.165, 1.54) is 57.6 Å². The van der Waals surface area contributed by atoms with Crippen LogP contribution in [0.5, 0.6) is 0 Å². The van der Waals surface area contributed by atoms with Crippen molar-refractivity contribution >= 4 is 21.6 Å². The van der Waals surface area contributed by atoms with Gasteiger partial charge in [-0.15, -0.1) is 0 Å². The largest absolute Gasteiger partial charge is 0.326 e. The lowest BCUT2D eigenvalue weighted by Gasteiger charge is -2.16. The van der Waals surface area contributed by atoms with Crippen LogP contribution in [0.25, 0.3) is 0 Å². The number of anilines is 1. The lowest BCUT2D eigenvalue weighted by molar-refractivity contribution is -0.114. The third-order valence-corrected chi connectivity index (χ3v) is 5.67. The fourth-order valence-electron chi connectivity index (χ4n) is 2.95. The number of nitrogens with one attached hydrogen (secondary N) is 3. The Bertz CT molecular complexity index is 621. The van der Waals surface area contributed by atoms with Crippen LogP contribution in [-0.2, 0) is 14.8 Å². The summed E-state index contributed by atoms with van der Waals surface area (Å²) in [5, 5.41) is 6.05. The van der Waals surface area contributed by atoms with Gasteiger partial charge in [0.05, 0.1) is 4.90 Å². The Hall–Kier alpha value is -1.44. The fourth-order valence-corrected chi connectivity index (χ4v) is 3.98. The van der Waals surface area contributed by atoms with Crippen LogP contribution in [-0.4, -0.2) is 33.5 Å². The number of rotatable bonds is 7. The van der Waals surface area contributed by atoms with Crippen LogP contribution in [0.1, 0.15) is 45.4 Å². The highest BCUT2D eigenvalue weighted by molar-refractivity contribution is 7.89. The Morgan fingerprint density at radius 3 is 2.25 bits per heavy atom. The smallest absolute Gasteiger partial charge is 0.240 e. The van der Waals surface area contributed by atoms with E-state index < -0.39 is 10.0 Å². The molecule has 1 saturated carbocycles. The SMILES string of the molecule is CC(=O)Nc1ccc(S(=O)(=O)NCCNC2CCCCCC2)cc1. The van der Waals surface area contributed by atoms with E-state index in [1.54, 1.807) is 12.1 Å².